The molecule has 1 heterocycles. The van der Waals surface area contributed by atoms with E-state index in [4.69, 9.17) is 10.5 Å². The van der Waals surface area contributed by atoms with Gasteiger partial charge in [0.15, 0.2) is 0 Å². The first-order chi connectivity index (χ1) is 15.0. The van der Waals surface area contributed by atoms with Gasteiger partial charge in [-0.3, -0.25) is 4.90 Å². The number of rotatable bonds is 7. The first-order valence-electron chi connectivity index (χ1n) is 11.1. The van der Waals surface area contributed by atoms with E-state index in [1.165, 1.54) is 12.8 Å². The average molecular weight is 641 g/mol. The van der Waals surface area contributed by atoms with Crippen LogP contribution in [0.25, 0.3) is 11.1 Å². The van der Waals surface area contributed by atoms with Gasteiger partial charge >= 0.3 is 21.1 Å². The molecule has 1 aromatic rings. The van der Waals surface area contributed by atoms with E-state index >= 15 is 0 Å². The minimum atomic E-state index is -1.87. The molecule has 9 heteroatoms. The third-order valence-electron chi connectivity index (χ3n) is 5.86. The van der Waals surface area contributed by atoms with Gasteiger partial charge in [-0.25, -0.2) is 0 Å². The zero-order valence-electron chi connectivity index (χ0n) is 19.9. The van der Waals surface area contributed by atoms with Crippen LogP contribution in [0, 0.1) is 10.8 Å². The van der Waals surface area contributed by atoms with Crippen LogP contribution in [0.1, 0.15) is 52.0 Å². The van der Waals surface area contributed by atoms with Crippen molar-refractivity contribution in [3.05, 3.63) is 40.9 Å². The Morgan fingerprint density at radius 2 is 1.67 bits per heavy atom. The summed E-state index contributed by atoms with van der Waals surface area (Å²) in [5, 5.41) is 26.4. The predicted molar refractivity (Wildman–Crippen MR) is 119 cm³/mol. The van der Waals surface area contributed by atoms with E-state index in [0.29, 0.717) is 12.6 Å². The SMILES string of the molecule is CC(C)(C)C[N-][C@@H]1CCCC[C@H]1[NH-].COc1ccc(CN2CC(C(=O)[O-])(C(=O)[O-])C2)cc1.[Pt+4]. The van der Waals surface area contributed by atoms with E-state index < -0.39 is 17.4 Å². The quantitative estimate of drug-likeness (QED) is 0.418. The molecule has 0 aromatic heterocycles. The van der Waals surface area contributed by atoms with Crippen LogP contribution < -0.4 is 14.9 Å². The maximum Gasteiger partial charge on any atom is 4.00 e. The molecule has 2 fully saturated rings. The summed E-state index contributed by atoms with van der Waals surface area (Å²) in [5.74, 6) is -2.44. The Hall–Kier alpha value is -1.47. The second-order valence-electron chi connectivity index (χ2n) is 10.0. The number of hydrogen-bond acceptors (Lipinski definition) is 6. The zero-order valence-corrected chi connectivity index (χ0v) is 22.1. The van der Waals surface area contributed by atoms with Crippen molar-refractivity contribution >= 4 is 11.9 Å². The van der Waals surface area contributed by atoms with Gasteiger partial charge in [0, 0.05) is 19.6 Å². The third kappa shape index (κ3) is 8.67. The van der Waals surface area contributed by atoms with Crippen molar-refractivity contribution in [3.63, 3.8) is 0 Å². The standard InChI is InChI=1S/C13H15NO5.C11H22N2.Pt/c1-19-10-4-2-9(3-5-10)6-14-7-13(8-14,11(15)16)12(17)18;1-11(2,3)8-13-10-7-5-4-6-9(10)12;/h2-5H,6-8H2,1H3,(H,15,16)(H,17,18);9-10,12H,4-8H2,1-3H3;/q;-2;+4/p-2/t;9-,10-;/m.1./s1. The number of benzene rings is 1. The molecule has 1 aliphatic heterocycles. The molecule has 2 atom stereocenters. The van der Waals surface area contributed by atoms with Gasteiger partial charge in [-0.2, -0.15) is 12.1 Å². The van der Waals surface area contributed by atoms with Crippen molar-refractivity contribution in [1.82, 2.24) is 4.90 Å². The number of nitrogens with zero attached hydrogens (tertiary/aromatic N) is 2. The number of aliphatic carboxylic acids is 2. The molecule has 0 unspecified atom stereocenters. The van der Waals surface area contributed by atoms with Crippen molar-refractivity contribution in [1.29, 1.82) is 0 Å². The van der Waals surface area contributed by atoms with Gasteiger partial charge in [0.25, 0.3) is 0 Å². The maximum atomic E-state index is 10.9. The van der Waals surface area contributed by atoms with Gasteiger partial charge in [0.1, 0.15) is 5.75 Å². The first kappa shape index (κ1) is 29.6. The minimum absolute atomic E-state index is 0. The van der Waals surface area contributed by atoms with Crippen LogP contribution in [0.15, 0.2) is 24.3 Å². The summed E-state index contributed by atoms with van der Waals surface area (Å²) in [7, 11) is 1.57. The Kier molecular flexibility index (Phi) is 11.5. The summed E-state index contributed by atoms with van der Waals surface area (Å²) in [6.07, 6.45) is 4.70. The Morgan fingerprint density at radius 3 is 2.12 bits per heavy atom. The Labute approximate surface area is 211 Å². The second kappa shape index (κ2) is 12.8. The number of carboxylic acids is 2. The molecule has 1 saturated carbocycles. The van der Waals surface area contributed by atoms with Gasteiger partial charge < -0.3 is 35.6 Å². The molecule has 1 N–H and O–H groups in total. The number of likely N-dealkylation sites (tertiary alicyclic amines) is 1. The van der Waals surface area contributed by atoms with Crippen LogP contribution >= 0.6 is 0 Å². The molecule has 2 aliphatic rings. The molecule has 0 bridgehead atoms. The monoisotopic (exact) mass is 640 g/mol. The second-order valence-corrected chi connectivity index (χ2v) is 10.0. The summed E-state index contributed by atoms with van der Waals surface area (Å²) in [6, 6.07) is 7.68. The van der Waals surface area contributed by atoms with E-state index in [-0.39, 0.29) is 45.6 Å². The molecular weight excluding hydrogens is 605 g/mol. The summed E-state index contributed by atoms with van der Waals surface area (Å²) >= 11 is 0. The van der Waals surface area contributed by atoms with Gasteiger partial charge in [0.2, 0.25) is 0 Å². The predicted octanol–water partition coefficient (Wildman–Crippen LogP) is 1.76. The van der Waals surface area contributed by atoms with Crippen LogP contribution in [0.5, 0.6) is 5.75 Å². The molecule has 0 radical (unpaired) electrons. The van der Waals surface area contributed by atoms with E-state index in [9.17, 15) is 19.8 Å². The van der Waals surface area contributed by atoms with Gasteiger partial charge in [0.05, 0.1) is 24.5 Å². The fourth-order valence-corrected chi connectivity index (χ4v) is 3.88. The van der Waals surface area contributed by atoms with Crippen molar-refractivity contribution < 1.29 is 45.6 Å². The van der Waals surface area contributed by atoms with E-state index in [1.807, 2.05) is 12.1 Å². The van der Waals surface area contributed by atoms with Crippen molar-refractivity contribution in [3.8, 4) is 5.75 Å². The number of carbonyl (C=O) groups excluding carboxylic acids is 2. The molecule has 33 heavy (non-hydrogen) atoms. The van der Waals surface area contributed by atoms with Crippen LogP contribution in [-0.2, 0) is 37.2 Å². The number of hydrogen-bond donors (Lipinski definition) is 0. The molecule has 1 aliphatic carbocycles. The summed E-state index contributed by atoms with van der Waals surface area (Å²) in [6.45, 7) is 7.82. The molecule has 0 spiro atoms. The Balaban J connectivity index is 0.000000343. The largest absolute Gasteiger partial charge is 4.00 e. The van der Waals surface area contributed by atoms with E-state index in [0.717, 1.165) is 30.7 Å². The number of nitrogens with one attached hydrogen (secondary N) is 1. The summed E-state index contributed by atoms with van der Waals surface area (Å²) in [5.41, 5.74) is 7.21. The van der Waals surface area contributed by atoms with Crippen LogP contribution in [0.2, 0.25) is 0 Å². The van der Waals surface area contributed by atoms with Crippen molar-refractivity contribution in [2.45, 2.75) is 65.1 Å². The minimum Gasteiger partial charge on any atom is -0.676 e. The molecule has 8 nitrogen and oxygen atoms in total. The molecule has 186 valence electrons. The summed E-state index contributed by atoms with van der Waals surface area (Å²) < 4.78 is 5.02. The third-order valence-corrected chi connectivity index (χ3v) is 5.86. The fraction of sp³-hybridized carbons (Fsp3) is 0.667. The Morgan fingerprint density at radius 1 is 1.12 bits per heavy atom. The van der Waals surface area contributed by atoms with Gasteiger partial charge in [-0.1, -0.05) is 64.0 Å². The maximum absolute atomic E-state index is 10.9. The van der Waals surface area contributed by atoms with Crippen molar-refractivity contribution in [2.75, 3.05) is 26.7 Å². The molecule has 3 rings (SSSR count). The first-order valence-corrected chi connectivity index (χ1v) is 11.1. The summed E-state index contributed by atoms with van der Waals surface area (Å²) in [4.78, 5) is 23.4. The Bertz CT molecular complexity index is 744. The zero-order chi connectivity index (χ0) is 23.9. The molecule has 0 amide bonds. The fourth-order valence-electron chi connectivity index (χ4n) is 3.88. The van der Waals surface area contributed by atoms with E-state index in [2.05, 4.69) is 26.1 Å². The van der Waals surface area contributed by atoms with Gasteiger partial charge in [-0.05, 0) is 17.7 Å². The van der Waals surface area contributed by atoms with Crippen LogP contribution in [0.4, 0.5) is 0 Å². The number of carbonyl (C=O) groups is 2. The van der Waals surface area contributed by atoms with Crippen LogP contribution in [0.3, 0.4) is 0 Å². The number of carboxylic acid groups (broad SMARTS) is 2. The average Bonchev–Trinajstić information content (AvgIpc) is 2.69. The topological polar surface area (TPSA) is 131 Å². The van der Waals surface area contributed by atoms with Crippen molar-refractivity contribution in [2.24, 2.45) is 10.8 Å². The number of methoxy groups -OCH3 is 1. The number of ether oxygens (including phenoxy) is 1. The molecule has 1 aromatic carbocycles. The normalized spacial score (nSPS) is 22.1. The van der Waals surface area contributed by atoms with E-state index in [1.54, 1.807) is 24.1 Å². The molecular formula is C24H35N3O5Pt. The molecule has 1 saturated heterocycles. The van der Waals surface area contributed by atoms with Gasteiger partial charge in [-0.15, -0.1) is 6.54 Å². The van der Waals surface area contributed by atoms with Crippen LogP contribution in [-0.4, -0.2) is 55.7 Å². The smallest absolute Gasteiger partial charge is 0.676 e.